The Bertz CT molecular complexity index is 589. The Kier molecular flexibility index (Phi) is 4.99. The first-order valence-electron chi connectivity index (χ1n) is 7.76. The van der Waals surface area contributed by atoms with Crippen LogP contribution in [0.4, 0.5) is 0 Å². The highest BCUT2D eigenvalue weighted by Gasteiger charge is 2.15. The Morgan fingerprint density at radius 3 is 3.05 bits per heavy atom. The van der Waals surface area contributed by atoms with Gasteiger partial charge < -0.3 is 14.5 Å². The number of ether oxygens (including phenoxy) is 1. The maximum absolute atomic E-state index is 5.91. The van der Waals surface area contributed by atoms with Crippen molar-refractivity contribution >= 4 is 26.9 Å². The third kappa shape index (κ3) is 3.87. The van der Waals surface area contributed by atoms with Crippen LogP contribution in [0.3, 0.4) is 0 Å². The van der Waals surface area contributed by atoms with Crippen molar-refractivity contribution in [3.8, 4) is 0 Å². The summed E-state index contributed by atoms with van der Waals surface area (Å²) in [6.45, 7) is 4.04. The summed E-state index contributed by atoms with van der Waals surface area (Å²) in [7, 11) is 0. The van der Waals surface area contributed by atoms with Crippen molar-refractivity contribution in [3.63, 3.8) is 0 Å². The predicted molar refractivity (Wildman–Crippen MR) is 88.5 cm³/mol. The molecule has 1 aromatic heterocycles. The van der Waals surface area contributed by atoms with E-state index in [0.29, 0.717) is 6.10 Å². The number of hydrogen-bond donors (Lipinski definition) is 1. The zero-order valence-electron chi connectivity index (χ0n) is 12.4. The molecule has 0 saturated carbocycles. The number of nitrogens with one attached hydrogen (secondary N) is 1. The predicted octanol–water partition coefficient (Wildman–Crippen LogP) is 4.81. The lowest BCUT2D eigenvalue weighted by molar-refractivity contribution is 0.0112. The van der Waals surface area contributed by atoms with Crippen LogP contribution in [0.5, 0.6) is 0 Å². The summed E-state index contributed by atoms with van der Waals surface area (Å²) < 4.78 is 12.8. The summed E-state index contributed by atoms with van der Waals surface area (Å²) >= 11 is 3.49. The van der Waals surface area contributed by atoms with Crippen LogP contribution < -0.4 is 5.32 Å². The fourth-order valence-corrected chi connectivity index (χ4v) is 3.22. The number of fused-ring (bicyclic) bond motifs is 1. The molecule has 2 heterocycles. The van der Waals surface area contributed by atoms with Crippen LogP contribution >= 0.6 is 15.9 Å². The minimum atomic E-state index is 0.222. The molecule has 2 atom stereocenters. The summed E-state index contributed by atoms with van der Waals surface area (Å²) in [5, 5.41) is 4.68. The van der Waals surface area contributed by atoms with Crippen LogP contribution in [0.2, 0.25) is 0 Å². The minimum Gasteiger partial charge on any atom is -0.459 e. The van der Waals surface area contributed by atoms with E-state index in [2.05, 4.69) is 40.3 Å². The summed E-state index contributed by atoms with van der Waals surface area (Å²) in [4.78, 5) is 0. The van der Waals surface area contributed by atoms with Crippen LogP contribution in [-0.4, -0.2) is 19.3 Å². The summed E-state index contributed by atoms with van der Waals surface area (Å²) in [5.41, 5.74) is 0.942. The Morgan fingerprint density at radius 1 is 1.33 bits per heavy atom. The molecule has 114 valence electrons. The zero-order valence-corrected chi connectivity index (χ0v) is 14.0. The normalized spacial score (nSPS) is 20.8. The van der Waals surface area contributed by atoms with Crippen molar-refractivity contribution in [3.05, 3.63) is 34.5 Å². The molecular weight excluding hydrogens is 330 g/mol. The summed E-state index contributed by atoms with van der Waals surface area (Å²) in [6, 6.07) is 8.44. The molecule has 3 nitrogen and oxygen atoms in total. The molecule has 21 heavy (non-hydrogen) atoms. The number of halogens is 1. The molecule has 1 fully saturated rings. The van der Waals surface area contributed by atoms with Gasteiger partial charge in [-0.2, -0.15) is 0 Å². The van der Waals surface area contributed by atoms with Crippen molar-refractivity contribution in [1.82, 2.24) is 5.32 Å². The van der Waals surface area contributed by atoms with Gasteiger partial charge in [0, 0.05) is 16.5 Å². The third-order valence-corrected chi connectivity index (χ3v) is 4.61. The average Bonchev–Trinajstić information content (AvgIpc) is 2.91. The highest BCUT2D eigenvalue weighted by atomic mass is 79.9. The van der Waals surface area contributed by atoms with Gasteiger partial charge in [-0.05, 0) is 63.4 Å². The standard InChI is InChI=1S/C17H22BrNO2/c1-12(19-8-7-15-4-2-3-9-20-15)17-11-13-10-14(18)5-6-16(13)21-17/h5-6,10-12,15,19H,2-4,7-9H2,1H3. The fourth-order valence-electron chi connectivity index (χ4n) is 2.84. The Balaban J connectivity index is 1.54. The van der Waals surface area contributed by atoms with E-state index < -0.39 is 0 Å². The molecule has 1 aliphatic heterocycles. The molecule has 2 unspecified atom stereocenters. The van der Waals surface area contributed by atoms with E-state index in [0.717, 1.165) is 40.8 Å². The first-order valence-corrected chi connectivity index (χ1v) is 8.55. The lowest BCUT2D eigenvalue weighted by atomic mass is 10.1. The van der Waals surface area contributed by atoms with Gasteiger partial charge in [-0.25, -0.2) is 0 Å². The van der Waals surface area contributed by atoms with Crippen LogP contribution in [0, 0.1) is 0 Å². The second kappa shape index (κ2) is 6.95. The van der Waals surface area contributed by atoms with E-state index in [-0.39, 0.29) is 6.04 Å². The van der Waals surface area contributed by atoms with Gasteiger partial charge >= 0.3 is 0 Å². The number of hydrogen-bond acceptors (Lipinski definition) is 3. The van der Waals surface area contributed by atoms with Crippen molar-refractivity contribution in [2.24, 2.45) is 0 Å². The molecule has 1 aromatic carbocycles. The van der Waals surface area contributed by atoms with E-state index in [1.807, 2.05) is 12.1 Å². The summed E-state index contributed by atoms with van der Waals surface area (Å²) in [6.07, 6.45) is 5.24. The van der Waals surface area contributed by atoms with Gasteiger partial charge in [0.15, 0.2) is 0 Å². The maximum atomic E-state index is 5.91. The van der Waals surface area contributed by atoms with Crippen molar-refractivity contribution in [2.45, 2.75) is 44.8 Å². The molecule has 1 saturated heterocycles. The Morgan fingerprint density at radius 2 is 2.24 bits per heavy atom. The second-order valence-corrected chi connectivity index (χ2v) is 6.70. The summed E-state index contributed by atoms with van der Waals surface area (Å²) in [5.74, 6) is 0.993. The highest BCUT2D eigenvalue weighted by molar-refractivity contribution is 9.10. The molecule has 0 spiro atoms. The topological polar surface area (TPSA) is 34.4 Å². The van der Waals surface area contributed by atoms with Gasteiger partial charge in [-0.15, -0.1) is 0 Å². The first-order chi connectivity index (χ1) is 10.2. The van der Waals surface area contributed by atoms with E-state index in [9.17, 15) is 0 Å². The van der Waals surface area contributed by atoms with Gasteiger partial charge in [0.05, 0.1) is 12.1 Å². The van der Waals surface area contributed by atoms with E-state index in [4.69, 9.17) is 9.15 Å². The lowest BCUT2D eigenvalue weighted by Gasteiger charge is -2.23. The third-order valence-electron chi connectivity index (χ3n) is 4.12. The van der Waals surface area contributed by atoms with Crippen molar-refractivity contribution in [1.29, 1.82) is 0 Å². The fraction of sp³-hybridized carbons (Fsp3) is 0.529. The van der Waals surface area contributed by atoms with Gasteiger partial charge in [0.1, 0.15) is 11.3 Å². The highest BCUT2D eigenvalue weighted by Crippen LogP contribution is 2.26. The van der Waals surface area contributed by atoms with Crippen molar-refractivity contribution < 1.29 is 9.15 Å². The monoisotopic (exact) mass is 351 g/mol. The average molecular weight is 352 g/mol. The second-order valence-electron chi connectivity index (χ2n) is 5.78. The maximum Gasteiger partial charge on any atom is 0.134 e. The molecule has 0 radical (unpaired) electrons. The molecule has 1 N–H and O–H groups in total. The molecular formula is C17H22BrNO2. The molecule has 2 aromatic rings. The number of furan rings is 1. The zero-order chi connectivity index (χ0) is 14.7. The minimum absolute atomic E-state index is 0.222. The van der Waals surface area contributed by atoms with Gasteiger partial charge in [0.2, 0.25) is 0 Å². The SMILES string of the molecule is CC(NCCC1CCCCO1)c1cc2cc(Br)ccc2o1. The quantitative estimate of drug-likeness (QED) is 0.839. The first kappa shape index (κ1) is 15.1. The molecule has 0 amide bonds. The van der Waals surface area contributed by atoms with Crippen LogP contribution in [-0.2, 0) is 4.74 Å². The lowest BCUT2D eigenvalue weighted by Crippen LogP contribution is -2.26. The van der Waals surface area contributed by atoms with E-state index in [1.54, 1.807) is 0 Å². The van der Waals surface area contributed by atoms with Crippen LogP contribution in [0.15, 0.2) is 33.2 Å². The van der Waals surface area contributed by atoms with Gasteiger partial charge in [-0.1, -0.05) is 15.9 Å². The van der Waals surface area contributed by atoms with Crippen LogP contribution in [0.1, 0.15) is 44.4 Å². The molecule has 1 aliphatic rings. The van der Waals surface area contributed by atoms with Crippen LogP contribution in [0.25, 0.3) is 11.0 Å². The molecule has 3 rings (SSSR count). The largest absolute Gasteiger partial charge is 0.459 e. The van der Waals surface area contributed by atoms with Gasteiger partial charge in [-0.3, -0.25) is 0 Å². The van der Waals surface area contributed by atoms with E-state index >= 15 is 0 Å². The molecule has 4 heteroatoms. The molecule has 0 bridgehead atoms. The number of rotatable bonds is 5. The number of benzene rings is 1. The van der Waals surface area contributed by atoms with E-state index in [1.165, 1.54) is 19.3 Å². The Labute approximate surface area is 134 Å². The molecule has 0 aliphatic carbocycles. The Hall–Kier alpha value is -0.840. The smallest absolute Gasteiger partial charge is 0.134 e. The van der Waals surface area contributed by atoms with Crippen molar-refractivity contribution in [2.75, 3.05) is 13.2 Å². The van der Waals surface area contributed by atoms with Gasteiger partial charge in [0.25, 0.3) is 0 Å².